The number of carbonyl (C=O) groups is 1. The first kappa shape index (κ1) is 16.8. The van der Waals surface area contributed by atoms with Crippen LogP contribution < -0.4 is 5.32 Å². The third-order valence-corrected chi connectivity index (χ3v) is 1.83. The minimum absolute atomic E-state index is 0.0525. The molecule has 1 rings (SSSR count). The van der Waals surface area contributed by atoms with Crippen LogP contribution in [0.4, 0.5) is 18.9 Å². The van der Waals surface area contributed by atoms with Gasteiger partial charge in [0.05, 0.1) is 10.6 Å². The summed E-state index contributed by atoms with van der Waals surface area (Å²) in [5.74, 6) is 0.833. The molecule has 0 radical (unpaired) electrons. The summed E-state index contributed by atoms with van der Waals surface area (Å²) in [6, 6.07) is 3.14. The Balaban J connectivity index is 0.000000631. The highest BCUT2D eigenvalue weighted by molar-refractivity contribution is 6.31. The van der Waals surface area contributed by atoms with Crippen LogP contribution >= 0.6 is 11.6 Å². The van der Waals surface area contributed by atoms with Crippen LogP contribution in [0.25, 0.3) is 0 Å². The van der Waals surface area contributed by atoms with Gasteiger partial charge >= 0.3 is 6.18 Å². The van der Waals surface area contributed by atoms with Crippen molar-refractivity contribution < 1.29 is 18.0 Å². The van der Waals surface area contributed by atoms with Crippen LogP contribution in [0.15, 0.2) is 18.2 Å². The van der Waals surface area contributed by atoms with Crippen LogP contribution in [-0.4, -0.2) is 6.41 Å². The maximum atomic E-state index is 12.3. The van der Waals surface area contributed by atoms with Crippen molar-refractivity contribution in [1.82, 2.24) is 0 Å². The summed E-state index contributed by atoms with van der Waals surface area (Å²) in [6.07, 6.45) is -4.22. The summed E-state index contributed by atoms with van der Waals surface area (Å²) >= 11 is 5.34. The molecule has 102 valence electrons. The molecule has 0 aliphatic heterocycles. The number of benzene rings is 1. The highest BCUT2D eigenvalue weighted by Crippen LogP contribution is 2.35. The molecule has 0 aliphatic carbocycles. The number of halogens is 4. The van der Waals surface area contributed by atoms with E-state index in [0.717, 1.165) is 18.1 Å². The molecule has 0 spiro atoms. The molecule has 18 heavy (non-hydrogen) atoms. The SMILES string of the molecule is CC(C)C.O=CNc1ccc(Cl)c(C(F)(F)F)c1. The van der Waals surface area contributed by atoms with E-state index in [2.05, 4.69) is 26.1 Å². The van der Waals surface area contributed by atoms with E-state index in [9.17, 15) is 18.0 Å². The third kappa shape index (κ3) is 6.49. The predicted octanol–water partition coefficient (Wildman–Crippen LogP) is 4.59. The first-order chi connectivity index (χ1) is 8.18. The van der Waals surface area contributed by atoms with Crippen molar-refractivity contribution >= 4 is 23.7 Å². The number of carbonyl (C=O) groups excluding carboxylic acids is 1. The second-order valence-electron chi connectivity index (χ2n) is 4.19. The summed E-state index contributed by atoms with van der Waals surface area (Å²) in [5, 5.41) is 1.71. The number of alkyl halides is 3. The van der Waals surface area contributed by atoms with Crippen molar-refractivity contribution in [3.63, 3.8) is 0 Å². The fourth-order valence-corrected chi connectivity index (χ4v) is 1.13. The smallest absolute Gasteiger partial charge is 0.329 e. The Morgan fingerprint density at radius 1 is 1.28 bits per heavy atom. The molecule has 0 heterocycles. The summed E-state index contributed by atoms with van der Waals surface area (Å²) in [7, 11) is 0. The van der Waals surface area contributed by atoms with Crippen molar-refractivity contribution in [2.75, 3.05) is 5.32 Å². The van der Waals surface area contributed by atoms with E-state index >= 15 is 0 Å². The third-order valence-electron chi connectivity index (χ3n) is 1.50. The first-order valence-electron chi connectivity index (χ1n) is 5.25. The fraction of sp³-hybridized carbons (Fsp3) is 0.417. The van der Waals surface area contributed by atoms with Gasteiger partial charge in [0, 0.05) is 5.69 Å². The van der Waals surface area contributed by atoms with Gasteiger partial charge in [-0.25, -0.2) is 0 Å². The number of rotatable bonds is 2. The van der Waals surface area contributed by atoms with Gasteiger partial charge in [0.1, 0.15) is 0 Å². The minimum Gasteiger partial charge on any atom is -0.329 e. The van der Waals surface area contributed by atoms with Gasteiger partial charge in [0.25, 0.3) is 0 Å². The summed E-state index contributed by atoms with van der Waals surface area (Å²) in [4.78, 5) is 9.99. The Morgan fingerprint density at radius 3 is 2.17 bits per heavy atom. The first-order valence-corrected chi connectivity index (χ1v) is 5.63. The second-order valence-corrected chi connectivity index (χ2v) is 4.59. The zero-order valence-electron chi connectivity index (χ0n) is 10.3. The molecule has 1 amide bonds. The summed E-state index contributed by atoms with van der Waals surface area (Å²) < 4.78 is 36.8. The molecule has 6 heteroatoms. The summed E-state index contributed by atoms with van der Waals surface area (Å²) in [5.41, 5.74) is -0.914. The highest BCUT2D eigenvalue weighted by atomic mass is 35.5. The van der Waals surface area contributed by atoms with Crippen molar-refractivity contribution in [2.45, 2.75) is 26.9 Å². The largest absolute Gasteiger partial charge is 0.417 e. The molecule has 1 aromatic carbocycles. The lowest BCUT2D eigenvalue weighted by molar-refractivity contribution is -0.137. The zero-order chi connectivity index (χ0) is 14.3. The molecule has 0 atom stereocenters. The minimum atomic E-state index is -4.52. The molecule has 1 N–H and O–H groups in total. The second kappa shape index (κ2) is 7.26. The molecule has 0 fully saturated rings. The van der Waals surface area contributed by atoms with Crippen molar-refractivity contribution in [3.8, 4) is 0 Å². The highest BCUT2D eigenvalue weighted by Gasteiger charge is 2.33. The normalized spacial score (nSPS) is 10.7. The van der Waals surface area contributed by atoms with Crippen LogP contribution in [0.1, 0.15) is 26.3 Å². The van der Waals surface area contributed by atoms with Crippen molar-refractivity contribution in [1.29, 1.82) is 0 Å². The lowest BCUT2D eigenvalue weighted by Crippen LogP contribution is -2.07. The van der Waals surface area contributed by atoms with Crippen molar-refractivity contribution in [3.05, 3.63) is 28.8 Å². The Hall–Kier alpha value is -1.23. The van der Waals surface area contributed by atoms with Gasteiger partial charge < -0.3 is 5.32 Å². The molecular weight excluding hydrogens is 267 g/mol. The number of amides is 1. The molecule has 0 aromatic heterocycles. The topological polar surface area (TPSA) is 29.1 Å². The lowest BCUT2D eigenvalue weighted by atomic mass is 10.2. The van der Waals surface area contributed by atoms with Crippen LogP contribution in [0.5, 0.6) is 0 Å². The molecular formula is C12H15ClF3NO. The summed E-state index contributed by atoms with van der Waals surface area (Å²) in [6.45, 7) is 6.50. The number of anilines is 1. The molecule has 2 nitrogen and oxygen atoms in total. The average Bonchev–Trinajstić information content (AvgIpc) is 2.18. The standard InChI is InChI=1S/C8H5ClF3NO.C4H10/c9-7-2-1-5(13-4-14)3-6(7)8(10,11)12;1-4(2)3/h1-4H,(H,13,14);4H,1-3H3. The van der Waals surface area contributed by atoms with Gasteiger partial charge in [-0.2, -0.15) is 13.2 Å². The van der Waals surface area contributed by atoms with Crippen LogP contribution in [0, 0.1) is 5.92 Å². The van der Waals surface area contributed by atoms with Crippen molar-refractivity contribution in [2.24, 2.45) is 5.92 Å². The van der Waals surface area contributed by atoms with Gasteiger partial charge in [0.2, 0.25) is 6.41 Å². The van der Waals surface area contributed by atoms with Crippen LogP contribution in [0.2, 0.25) is 5.02 Å². The van der Waals surface area contributed by atoms with E-state index in [1.807, 2.05) is 0 Å². The fourth-order valence-electron chi connectivity index (χ4n) is 0.900. The molecule has 0 unspecified atom stereocenters. The van der Waals surface area contributed by atoms with E-state index < -0.39 is 16.8 Å². The van der Waals surface area contributed by atoms with Gasteiger partial charge in [-0.1, -0.05) is 32.4 Å². The maximum Gasteiger partial charge on any atom is 0.417 e. The zero-order valence-corrected chi connectivity index (χ0v) is 11.1. The lowest BCUT2D eigenvalue weighted by Gasteiger charge is -2.09. The Morgan fingerprint density at radius 2 is 1.78 bits per heavy atom. The monoisotopic (exact) mass is 281 g/mol. The Labute approximate surface area is 109 Å². The van der Waals surface area contributed by atoms with Crippen LogP contribution in [-0.2, 0) is 11.0 Å². The van der Waals surface area contributed by atoms with Gasteiger partial charge in [-0.05, 0) is 24.1 Å². The molecule has 0 bridgehead atoms. The average molecular weight is 282 g/mol. The number of hydrogen-bond donors (Lipinski definition) is 1. The molecule has 0 saturated carbocycles. The van der Waals surface area contributed by atoms with Gasteiger partial charge in [0.15, 0.2) is 0 Å². The van der Waals surface area contributed by atoms with E-state index in [0.29, 0.717) is 6.41 Å². The molecule has 1 aromatic rings. The Bertz CT molecular complexity index is 389. The molecule has 0 saturated heterocycles. The molecule has 0 aliphatic rings. The van der Waals surface area contributed by atoms with Gasteiger partial charge in [-0.15, -0.1) is 0 Å². The van der Waals surface area contributed by atoms with E-state index in [1.165, 1.54) is 6.07 Å². The quantitative estimate of drug-likeness (QED) is 0.789. The Kier molecular flexibility index (Phi) is 6.76. The van der Waals surface area contributed by atoms with Crippen LogP contribution in [0.3, 0.4) is 0 Å². The predicted molar refractivity (Wildman–Crippen MR) is 66.7 cm³/mol. The van der Waals surface area contributed by atoms with Gasteiger partial charge in [-0.3, -0.25) is 4.79 Å². The maximum absolute atomic E-state index is 12.3. The van der Waals surface area contributed by atoms with E-state index in [1.54, 1.807) is 0 Å². The number of hydrogen-bond acceptors (Lipinski definition) is 1. The van der Waals surface area contributed by atoms with E-state index in [4.69, 9.17) is 11.6 Å². The number of nitrogens with one attached hydrogen (secondary N) is 1. The van der Waals surface area contributed by atoms with E-state index in [-0.39, 0.29) is 5.69 Å².